The highest BCUT2D eigenvalue weighted by molar-refractivity contribution is 5.31. The molecule has 17 heavy (non-hydrogen) atoms. The van der Waals surface area contributed by atoms with Gasteiger partial charge in [-0.15, -0.1) is 0 Å². The highest BCUT2D eigenvalue weighted by Crippen LogP contribution is 2.32. The summed E-state index contributed by atoms with van der Waals surface area (Å²) in [6.07, 6.45) is -4.27. The molecule has 0 aromatic heterocycles. The summed E-state index contributed by atoms with van der Waals surface area (Å²) in [7, 11) is 0. The molecule has 0 amide bonds. The maximum absolute atomic E-state index is 12.6. The van der Waals surface area contributed by atoms with Crippen LogP contribution in [0.3, 0.4) is 0 Å². The quantitative estimate of drug-likeness (QED) is 0.854. The third-order valence-electron chi connectivity index (χ3n) is 2.79. The zero-order chi connectivity index (χ0) is 13.1. The van der Waals surface area contributed by atoms with Gasteiger partial charge in [-0.3, -0.25) is 0 Å². The second-order valence-electron chi connectivity index (χ2n) is 4.74. The van der Waals surface area contributed by atoms with Crippen LogP contribution in [0.2, 0.25) is 0 Å². The number of alkyl halides is 3. The molecule has 4 heteroatoms. The van der Waals surface area contributed by atoms with E-state index in [1.807, 2.05) is 20.8 Å². The number of nitrogens with one attached hydrogen (secondary N) is 1. The van der Waals surface area contributed by atoms with Crippen molar-refractivity contribution in [2.75, 3.05) is 13.1 Å². The lowest BCUT2D eigenvalue weighted by Gasteiger charge is -2.26. The summed E-state index contributed by atoms with van der Waals surface area (Å²) >= 11 is 0. The largest absolute Gasteiger partial charge is 0.416 e. The van der Waals surface area contributed by atoms with E-state index in [0.29, 0.717) is 12.1 Å². The van der Waals surface area contributed by atoms with E-state index >= 15 is 0 Å². The third kappa shape index (κ3) is 3.73. The Kier molecular flexibility index (Phi) is 4.20. The van der Waals surface area contributed by atoms with Crippen LogP contribution in [0.1, 0.15) is 31.9 Å². The number of rotatable bonds is 4. The van der Waals surface area contributed by atoms with Gasteiger partial charge in [0.15, 0.2) is 0 Å². The topological polar surface area (TPSA) is 12.0 Å². The summed E-state index contributed by atoms with van der Waals surface area (Å²) in [6.45, 7) is 7.31. The van der Waals surface area contributed by atoms with Crippen molar-refractivity contribution in [3.63, 3.8) is 0 Å². The van der Waals surface area contributed by atoms with E-state index in [2.05, 4.69) is 5.32 Å². The summed E-state index contributed by atoms with van der Waals surface area (Å²) < 4.78 is 37.8. The molecule has 0 heterocycles. The van der Waals surface area contributed by atoms with Gasteiger partial charge >= 0.3 is 6.18 Å². The molecule has 0 aliphatic rings. The molecule has 0 fully saturated rings. The van der Waals surface area contributed by atoms with E-state index in [-0.39, 0.29) is 5.41 Å². The molecule has 0 radical (unpaired) electrons. The molecule has 1 rings (SSSR count). The minimum atomic E-state index is -4.27. The van der Waals surface area contributed by atoms with Gasteiger partial charge in [0.05, 0.1) is 5.56 Å². The van der Waals surface area contributed by atoms with Crippen molar-refractivity contribution in [2.45, 2.75) is 32.4 Å². The van der Waals surface area contributed by atoms with Crippen molar-refractivity contribution in [2.24, 2.45) is 0 Å². The van der Waals surface area contributed by atoms with E-state index in [9.17, 15) is 13.2 Å². The fraction of sp³-hybridized carbons (Fsp3) is 0.538. The smallest absolute Gasteiger partial charge is 0.316 e. The molecule has 0 bridgehead atoms. The van der Waals surface area contributed by atoms with Crippen molar-refractivity contribution in [1.29, 1.82) is 0 Å². The molecular formula is C13H18F3N. The first-order valence-electron chi connectivity index (χ1n) is 5.66. The van der Waals surface area contributed by atoms with Crippen LogP contribution in [0.4, 0.5) is 13.2 Å². The Morgan fingerprint density at radius 3 is 2.24 bits per heavy atom. The molecule has 1 aromatic rings. The van der Waals surface area contributed by atoms with Crippen molar-refractivity contribution in [3.8, 4) is 0 Å². The number of hydrogen-bond acceptors (Lipinski definition) is 1. The lowest BCUT2D eigenvalue weighted by molar-refractivity contribution is -0.137. The Balaban J connectivity index is 2.98. The molecular weight excluding hydrogens is 227 g/mol. The van der Waals surface area contributed by atoms with Crippen LogP contribution >= 0.6 is 0 Å². The maximum Gasteiger partial charge on any atom is 0.416 e. The summed E-state index contributed by atoms with van der Waals surface area (Å²) in [5, 5.41) is 3.16. The molecule has 0 atom stereocenters. The van der Waals surface area contributed by atoms with Crippen LogP contribution < -0.4 is 5.32 Å². The van der Waals surface area contributed by atoms with Gasteiger partial charge in [0.2, 0.25) is 0 Å². The van der Waals surface area contributed by atoms with Gasteiger partial charge in [-0.2, -0.15) is 13.2 Å². The second kappa shape index (κ2) is 5.08. The number of benzene rings is 1. The standard InChI is InChI=1S/C13H18F3N/c1-4-17-9-12(2,3)10-6-5-7-11(8-10)13(14,15)16/h5-8,17H,4,9H2,1-3H3. The van der Waals surface area contributed by atoms with E-state index in [0.717, 1.165) is 12.6 Å². The van der Waals surface area contributed by atoms with Crippen molar-refractivity contribution < 1.29 is 13.2 Å². The minimum Gasteiger partial charge on any atom is -0.316 e. The van der Waals surface area contributed by atoms with Crippen LogP contribution in [-0.4, -0.2) is 13.1 Å². The van der Waals surface area contributed by atoms with Gasteiger partial charge in [0.1, 0.15) is 0 Å². The van der Waals surface area contributed by atoms with Gasteiger partial charge in [-0.25, -0.2) is 0 Å². The Morgan fingerprint density at radius 2 is 1.71 bits per heavy atom. The average molecular weight is 245 g/mol. The first kappa shape index (κ1) is 14.0. The van der Waals surface area contributed by atoms with E-state index in [1.54, 1.807) is 6.07 Å². The Bertz CT molecular complexity index is 369. The fourth-order valence-electron chi connectivity index (χ4n) is 1.66. The molecule has 0 saturated heterocycles. The zero-order valence-corrected chi connectivity index (χ0v) is 10.4. The van der Waals surface area contributed by atoms with Crippen LogP contribution in [0.15, 0.2) is 24.3 Å². The lowest BCUT2D eigenvalue weighted by atomic mass is 9.84. The first-order valence-corrected chi connectivity index (χ1v) is 5.66. The molecule has 0 spiro atoms. The number of hydrogen-bond donors (Lipinski definition) is 1. The molecule has 0 aliphatic heterocycles. The van der Waals surface area contributed by atoms with Crippen LogP contribution in [0.25, 0.3) is 0 Å². The molecule has 1 nitrogen and oxygen atoms in total. The van der Waals surface area contributed by atoms with E-state index < -0.39 is 11.7 Å². The number of likely N-dealkylation sites (N-methyl/N-ethyl adjacent to an activating group) is 1. The SMILES string of the molecule is CCNCC(C)(C)c1cccc(C(F)(F)F)c1. The van der Waals surface area contributed by atoms with Crippen molar-refractivity contribution >= 4 is 0 Å². The van der Waals surface area contributed by atoms with Gasteiger partial charge in [0, 0.05) is 12.0 Å². The zero-order valence-electron chi connectivity index (χ0n) is 10.4. The molecule has 1 aromatic carbocycles. The Hall–Kier alpha value is -1.03. The molecule has 0 saturated carbocycles. The Labute approximate surface area is 100 Å². The van der Waals surface area contributed by atoms with Gasteiger partial charge in [0.25, 0.3) is 0 Å². The van der Waals surface area contributed by atoms with Gasteiger partial charge < -0.3 is 5.32 Å². The van der Waals surface area contributed by atoms with Crippen LogP contribution in [0, 0.1) is 0 Å². The second-order valence-corrected chi connectivity index (χ2v) is 4.74. The molecule has 96 valence electrons. The van der Waals surface area contributed by atoms with E-state index in [1.165, 1.54) is 12.1 Å². The predicted octanol–water partition coefficient (Wildman–Crippen LogP) is 3.59. The first-order chi connectivity index (χ1) is 7.77. The molecule has 1 N–H and O–H groups in total. The summed E-state index contributed by atoms with van der Waals surface area (Å²) in [6, 6.07) is 5.54. The summed E-state index contributed by atoms with van der Waals surface area (Å²) in [5.74, 6) is 0. The predicted molar refractivity (Wildman–Crippen MR) is 63.0 cm³/mol. The van der Waals surface area contributed by atoms with Crippen molar-refractivity contribution in [1.82, 2.24) is 5.32 Å². The van der Waals surface area contributed by atoms with Crippen LogP contribution in [-0.2, 0) is 11.6 Å². The average Bonchev–Trinajstić information content (AvgIpc) is 2.25. The van der Waals surface area contributed by atoms with Crippen molar-refractivity contribution in [3.05, 3.63) is 35.4 Å². The normalized spacial score (nSPS) is 12.8. The highest BCUT2D eigenvalue weighted by Gasteiger charge is 2.32. The molecule has 0 aliphatic carbocycles. The number of halogens is 3. The maximum atomic E-state index is 12.6. The van der Waals surface area contributed by atoms with E-state index in [4.69, 9.17) is 0 Å². The third-order valence-corrected chi connectivity index (χ3v) is 2.79. The highest BCUT2D eigenvalue weighted by atomic mass is 19.4. The fourth-order valence-corrected chi connectivity index (χ4v) is 1.66. The van der Waals surface area contributed by atoms with Gasteiger partial charge in [-0.05, 0) is 18.2 Å². The van der Waals surface area contributed by atoms with Crippen LogP contribution in [0.5, 0.6) is 0 Å². The summed E-state index contributed by atoms with van der Waals surface area (Å²) in [5.41, 5.74) is -0.190. The minimum absolute atomic E-state index is 0.308. The Morgan fingerprint density at radius 1 is 1.12 bits per heavy atom. The summed E-state index contributed by atoms with van der Waals surface area (Å²) in [4.78, 5) is 0. The lowest BCUT2D eigenvalue weighted by Crippen LogP contribution is -2.33. The monoisotopic (exact) mass is 245 g/mol. The van der Waals surface area contributed by atoms with Gasteiger partial charge in [-0.1, -0.05) is 39.0 Å². The molecule has 0 unspecified atom stereocenters.